The second kappa shape index (κ2) is 7.96. The van der Waals surface area contributed by atoms with Crippen molar-refractivity contribution in [3.8, 4) is 0 Å². The van der Waals surface area contributed by atoms with E-state index in [1.807, 2.05) is 37.9 Å². The molecule has 7 heteroatoms. The molecule has 0 radical (unpaired) electrons. The molecule has 1 amide bonds. The summed E-state index contributed by atoms with van der Waals surface area (Å²) in [4.78, 5) is 21.7. The van der Waals surface area contributed by atoms with Gasteiger partial charge in [-0.2, -0.15) is 11.8 Å². The Labute approximate surface area is 162 Å². The van der Waals surface area contributed by atoms with Crippen LogP contribution in [0.4, 0.5) is 15.2 Å². The maximum atomic E-state index is 13.3. The fraction of sp³-hybridized carbons (Fsp3) is 0.474. The van der Waals surface area contributed by atoms with Gasteiger partial charge in [-0.3, -0.25) is 4.79 Å². The molecule has 2 heterocycles. The zero-order chi connectivity index (χ0) is 18.7. The molecule has 0 aliphatic carbocycles. The van der Waals surface area contributed by atoms with Crippen LogP contribution in [-0.4, -0.2) is 35.5 Å². The zero-order valence-electron chi connectivity index (χ0n) is 15.4. The number of carbonyl (C=O) groups is 1. The van der Waals surface area contributed by atoms with E-state index in [0.29, 0.717) is 12.2 Å². The lowest BCUT2D eigenvalue weighted by molar-refractivity contribution is -0.125. The zero-order valence-corrected chi connectivity index (χ0v) is 17.0. The van der Waals surface area contributed by atoms with Gasteiger partial charge in [0.25, 0.3) is 0 Å². The standard InChI is InChI=1S/C19H24FN3OS2/c1-19(2,3)17(24)23(16-6-4-14(20)5-7-16)12-15-13-26-18(21-15)22-8-10-25-11-9-22/h4-7,13H,8-12H2,1-3H3. The van der Waals surface area contributed by atoms with Crippen LogP contribution in [0.5, 0.6) is 0 Å². The monoisotopic (exact) mass is 393 g/mol. The minimum Gasteiger partial charge on any atom is -0.346 e. The van der Waals surface area contributed by atoms with E-state index in [-0.39, 0.29) is 11.7 Å². The number of halogens is 1. The SMILES string of the molecule is CC(C)(C)C(=O)N(Cc1csc(N2CCSCC2)n1)c1ccc(F)cc1. The fourth-order valence-electron chi connectivity index (χ4n) is 2.74. The number of nitrogens with zero attached hydrogens (tertiary/aromatic N) is 3. The van der Waals surface area contributed by atoms with Gasteiger partial charge in [0, 0.05) is 41.1 Å². The van der Waals surface area contributed by atoms with Crippen molar-refractivity contribution in [2.24, 2.45) is 5.41 Å². The minimum atomic E-state index is -0.530. The molecular weight excluding hydrogens is 369 g/mol. The average molecular weight is 394 g/mol. The third-order valence-corrected chi connectivity index (χ3v) is 6.06. The largest absolute Gasteiger partial charge is 0.346 e. The van der Waals surface area contributed by atoms with Crippen molar-refractivity contribution in [3.05, 3.63) is 41.2 Å². The highest BCUT2D eigenvalue weighted by molar-refractivity contribution is 7.99. The number of anilines is 2. The van der Waals surface area contributed by atoms with E-state index in [1.54, 1.807) is 28.4 Å². The van der Waals surface area contributed by atoms with Crippen LogP contribution in [0.25, 0.3) is 0 Å². The number of aromatic nitrogens is 1. The smallest absolute Gasteiger partial charge is 0.232 e. The van der Waals surface area contributed by atoms with E-state index in [4.69, 9.17) is 4.98 Å². The van der Waals surface area contributed by atoms with Gasteiger partial charge in [0.1, 0.15) is 5.82 Å². The number of hydrogen-bond donors (Lipinski definition) is 0. The van der Waals surface area contributed by atoms with Crippen molar-refractivity contribution in [3.63, 3.8) is 0 Å². The first-order valence-corrected chi connectivity index (χ1v) is 10.7. The second-order valence-corrected chi connectivity index (χ2v) is 9.40. The molecule has 1 aromatic heterocycles. The van der Waals surface area contributed by atoms with Gasteiger partial charge in [0.2, 0.25) is 5.91 Å². The minimum absolute atomic E-state index is 0.00645. The van der Waals surface area contributed by atoms with Crippen molar-refractivity contribution in [1.29, 1.82) is 0 Å². The Hall–Kier alpha value is -1.60. The summed E-state index contributed by atoms with van der Waals surface area (Å²) in [6.07, 6.45) is 0. The molecule has 0 N–H and O–H groups in total. The second-order valence-electron chi connectivity index (χ2n) is 7.34. The lowest BCUT2D eigenvalue weighted by Crippen LogP contribution is -2.39. The van der Waals surface area contributed by atoms with Crippen molar-refractivity contribution >= 4 is 39.8 Å². The van der Waals surface area contributed by atoms with Crippen molar-refractivity contribution in [2.45, 2.75) is 27.3 Å². The average Bonchev–Trinajstić information content (AvgIpc) is 3.09. The van der Waals surface area contributed by atoms with Crippen molar-refractivity contribution < 1.29 is 9.18 Å². The number of amides is 1. The fourth-order valence-corrected chi connectivity index (χ4v) is 4.51. The highest BCUT2D eigenvalue weighted by Crippen LogP contribution is 2.28. The van der Waals surface area contributed by atoms with Gasteiger partial charge in [-0.25, -0.2) is 9.37 Å². The van der Waals surface area contributed by atoms with Crippen molar-refractivity contribution in [1.82, 2.24) is 4.98 Å². The number of carbonyl (C=O) groups excluding carboxylic acids is 1. The molecule has 0 spiro atoms. The van der Waals surface area contributed by atoms with Gasteiger partial charge < -0.3 is 9.80 Å². The Morgan fingerprint density at radius 2 is 1.88 bits per heavy atom. The first-order chi connectivity index (χ1) is 12.3. The third-order valence-electron chi connectivity index (χ3n) is 4.17. The van der Waals surface area contributed by atoms with Gasteiger partial charge >= 0.3 is 0 Å². The van der Waals surface area contributed by atoms with Gasteiger partial charge in [-0.05, 0) is 24.3 Å². The molecule has 0 saturated carbocycles. The van der Waals surface area contributed by atoms with Crippen LogP contribution < -0.4 is 9.80 Å². The van der Waals surface area contributed by atoms with Gasteiger partial charge in [0.05, 0.1) is 12.2 Å². The molecule has 1 saturated heterocycles. The van der Waals surface area contributed by atoms with Gasteiger partial charge in [0.15, 0.2) is 5.13 Å². The van der Waals surface area contributed by atoms with Gasteiger partial charge in [-0.1, -0.05) is 20.8 Å². The summed E-state index contributed by atoms with van der Waals surface area (Å²) in [5, 5.41) is 3.03. The summed E-state index contributed by atoms with van der Waals surface area (Å²) in [5.41, 5.74) is 1.03. The first kappa shape index (κ1) is 19.2. The highest BCUT2D eigenvalue weighted by atomic mass is 32.2. The topological polar surface area (TPSA) is 36.4 Å². The number of hydrogen-bond acceptors (Lipinski definition) is 5. The molecule has 2 aromatic rings. The Morgan fingerprint density at radius 3 is 2.50 bits per heavy atom. The van der Waals surface area contributed by atoms with E-state index < -0.39 is 5.41 Å². The predicted molar refractivity (Wildman–Crippen MR) is 109 cm³/mol. The van der Waals surface area contributed by atoms with Crippen LogP contribution in [0.15, 0.2) is 29.6 Å². The maximum Gasteiger partial charge on any atom is 0.232 e. The Balaban J connectivity index is 1.82. The maximum absolute atomic E-state index is 13.3. The molecule has 4 nitrogen and oxygen atoms in total. The normalized spacial score (nSPS) is 15.2. The Morgan fingerprint density at radius 1 is 1.23 bits per heavy atom. The summed E-state index contributed by atoms with van der Waals surface area (Å²) in [6, 6.07) is 6.06. The molecule has 140 valence electrons. The number of benzene rings is 1. The molecule has 26 heavy (non-hydrogen) atoms. The summed E-state index contributed by atoms with van der Waals surface area (Å²) in [7, 11) is 0. The number of rotatable bonds is 4. The predicted octanol–water partition coefficient (Wildman–Crippen LogP) is 4.41. The number of thiazole rings is 1. The van der Waals surface area contributed by atoms with Crippen LogP contribution in [0.3, 0.4) is 0 Å². The molecular formula is C19H24FN3OS2. The summed E-state index contributed by atoms with van der Waals surface area (Å²) in [6.45, 7) is 8.10. The van der Waals surface area contributed by atoms with E-state index >= 15 is 0 Å². The molecule has 0 unspecified atom stereocenters. The summed E-state index contributed by atoms with van der Waals surface area (Å²) < 4.78 is 13.3. The molecule has 1 fully saturated rings. The van der Waals surface area contributed by atoms with Crippen LogP contribution in [0, 0.1) is 11.2 Å². The molecule has 0 bridgehead atoms. The molecule has 1 aliphatic rings. The third kappa shape index (κ3) is 4.57. The number of thioether (sulfide) groups is 1. The van der Waals surface area contributed by atoms with E-state index in [9.17, 15) is 9.18 Å². The van der Waals surface area contributed by atoms with E-state index in [2.05, 4.69) is 4.90 Å². The lowest BCUT2D eigenvalue weighted by Gasteiger charge is -2.29. The lowest BCUT2D eigenvalue weighted by atomic mass is 9.94. The Kier molecular flexibility index (Phi) is 5.87. The van der Waals surface area contributed by atoms with E-state index in [1.165, 1.54) is 12.1 Å². The first-order valence-electron chi connectivity index (χ1n) is 8.69. The van der Waals surface area contributed by atoms with Crippen molar-refractivity contribution in [2.75, 3.05) is 34.4 Å². The molecule has 3 rings (SSSR count). The molecule has 0 atom stereocenters. The quantitative estimate of drug-likeness (QED) is 0.771. The van der Waals surface area contributed by atoms with E-state index in [0.717, 1.165) is 35.4 Å². The van der Waals surface area contributed by atoms with Crippen LogP contribution in [0.2, 0.25) is 0 Å². The van der Waals surface area contributed by atoms with Crippen LogP contribution in [0.1, 0.15) is 26.5 Å². The molecule has 1 aliphatic heterocycles. The van der Waals surface area contributed by atoms with Crippen LogP contribution >= 0.6 is 23.1 Å². The summed E-state index contributed by atoms with van der Waals surface area (Å²) >= 11 is 3.59. The molecule has 1 aromatic carbocycles. The Bertz CT molecular complexity index is 749. The van der Waals surface area contributed by atoms with Crippen LogP contribution in [-0.2, 0) is 11.3 Å². The van der Waals surface area contributed by atoms with Gasteiger partial charge in [-0.15, -0.1) is 11.3 Å². The summed E-state index contributed by atoms with van der Waals surface area (Å²) in [5.74, 6) is 1.93. The highest BCUT2D eigenvalue weighted by Gasteiger charge is 2.29.